The van der Waals surface area contributed by atoms with Crippen molar-refractivity contribution in [1.29, 1.82) is 0 Å². The smallest absolute Gasteiger partial charge is 0.462 e. The number of ether oxygens (including phenoxy) is 4. The van der Waals surface area contributed by atoms with Crippen molar-refractivity contribution >= 4 is 39.5 Å². The Kier molecular flexibility index (Phi) is 62.1. The van der Waals surface area contributed by atoms with E-state index in [0.717, 1.165) is 102 Å². The fourth-order valence-electron chi connectivity index (χ4n) is 10.6. The van der Waals surface area contributed by atoms with Crippen LogP contribution in [0, 0.1) is 5.92 Å². The van der Waals surface area contributed by atoms with Crippen molar-refractivity contribution in [2.75, 3.05) is 39.6 Å². The zero-order chi connectivity index (χ0) is 65.6. The number of unbranched alkanes of at least 4 members (excludes halogenated alkanes) is 41. The first-order valence-electron chi connectivity index (χ1n) is 36.7. The Bertz CT molecular complexity index is 1720. The lowest BCUT2D eigenvalue weighted by atomic mass is 9.99. The summed E-state index contributed by atoms with van der Waals surface area (Å²) in [4.78, 5) is 72.3. The van der Waals surface area contributed by atoms with Crippen LogP contribution in [0.3, 0.4) is 0 Å². The number of aliphatic hydroxyl groups excluding tert-OH is 1. The zero-order valence-electron chi connectivity index (χ0n) is 57.6. The van der Waals surface area contributed by atoms with Crippen LogP contribution in [0.2, 0.25) is 0 Å². The summed E-state index contributed by atoms with van der Waals surface area (Å²) in [5.41, 5.74) is 0. The molecule has 0 aromatic heterocycles. The minimum atomic E-state index is -4.95. The largest absolute Gasteiger partial charge is 0.472 e. The standard InChI is InChI=1S/C70H136O17P2/c1-6-10-13-16-18-20-22-24-26-27-29-31-37-41-46-51-56-70(75)87-66(60-81-68(73)54-49-44-39-35-33-32-34-38-43-47-52-63(5)9-4)62-85-89(78,79)83-58-64(71)57-82-88(76,77)84-61-65(59-80-67(72)53-48-42-15-12-8-3)86-69(74)55-50-45-40-36-30-28-25-23-21-19-17-14-11-7-2/h63-66,71H,6-62H2,1-5H3,(H,76,77)(H,78,79)/t63?,64-,65+,66+/m0/s1. The van der Waals surface area contributed by atoms with E-state index in [1.807, 2.05) is 0 Å². The highest BCUT2D eigenvalue weighted by Crippen LogP contribution is 2.45. The van der Waals surface area contributed by atoms with Crippen molar-refractivity contribution in [1.82, 2.24) is 0 Å². The van der Waals surface area contributed by atoms with E-state index < -0.39 is 97.5 Å². The van der Waals surface area contributed by atoms with Crippen LogP contribution in [-0.2, 0) is 65.4 Å². The molecule has 0 aliphatic heterocycles. The van der Waals surface area contributed by atoms with Crippen molar-refractivity contribution in [2.45, 2.75) is 380 Å². The summed E-state index contributed by atoms with van der Waals surface area (Å²) >= 11 is 0. The summed E-state index contributed by atoms with van der Waals surface area (Å²) in [6.45, 7) is 7.20. The molecule has 0 amide bonds. The van der Waals surface area contributed by atoms with Crippen LogP contribution in [0.15, 0.2) is 0 Å². The Morgan fingerprint density at radius 2 is 0.539 bits per heavy atom. The third kappa shape index (κ3) is 63.2. The number of hydrogen-bond donors (Lipinski definition) is 3. The number of phosphoric acid groups is 2. The molecule has 3 N–H and O–H groups in total. The fourth-order valence-corrected chi connectivity index (χ4v) is 12.2. The topological polar surface area (TPSA) is 237 Å². The van der Waals surface area contributed by atoms with Gasteiger partial charge in [0.25, 0.3) is 0 Å². The molecule has 89 heavy (non-hydrogen) atoms. The van der Waals surface area contributed by atoms with Gasteiger partial charge < -0.3 is 33.8 Å². The van der Waals surface area contributed by atoms with Gasteiger partial charge in [-0.05, 0) is 31.6 Å². The molecule has 0 heterocycles. The van der Waals surface area contributed by atoms with Crippen LogP contribution >= 0.6 is 15.6 Å². The molecular formula is C70H136O17P2. The number of aliphatic hydroxyl groups is 1. The molecule has 6 atom stereocenters. The molecule has 0 saturated carbocycles. The van der Waals surface area contributed by atoms with Gasteiger partial charge in [0.15, 0.2) is 12.2 Å². The lowest BCUT2D eigenvalue weighted by Crippen LogP contribution is -2.30. The summed E-state index contributed by atoms with van der Waals surface area (Å²) in [5, 5.41) is 10.6. The van der Waals surface area contributed by atoms with Gasteiger partial charge in [0.05, 0.1) is 26.4 Å². The number of esters is 4. The van der Waals surface area contributed by atoms with E-state index in [4.69, 9.17) is 37.0 Å². The molecule has 0 aliphatic carbocycles. The lowest BCUT2D eigenvalue weighted by Gasteiger charge is -2.21. The minimum absolute atomic E-state index is 0.107. The molecule has 17 nitrogen and oxygen atoms in total. The quantitative estimate of drug-likeness (QED) is 0.0222. The second-order valence-corrected chi connectivity index (χ2v) is 28.4. The van der Waals surface area contributed by atoms with Crippen molar-refractivity contribution in [3.8, 4) is 0 Å². The number of carbonyl (C=O) groups excluding carboxylic acids is 4. The van der Waals surface area contributed by atoms with E-state index in [2.05, 4.69) is 34.6 Å². The lowest BCUT2D eigenvalue weighted by molar-refractivity contribution is -0.161. The Morgan fingerprint density at radius 1 is 0.315 bits per heavy atom. The molecule has 0 saturated heterocycles. The first-order valence-corrected chi connectivity index (χ1v) is 39.7. The molecule has 0 aliphatic rings. The predicted molar refractivity (Wildman–Crippen MR) is 358 cm³/mol. The number of rotatable bonds is 70. The second kappa shape index (κ2) is 63.5. The van der Waals surface area contributed by atoms with Gasteiger partial charge in [-0.2, -0.15) is 0 Å². The molecule has 0 bridgehead atoms. The van der Waals surface area contributed by atoms with Crippen molar-refractivity contribution < 1.29 is 80.2 Å². The van der Waals surface area contributed by atoms with Crippen LogP contribution in [0.1, 0.15) is 362 Å². The molecular weight excluding hydrogens is 1170 g/mol. The summed E-state index contributed by atoms with van der Waals surface area (Å²) < 4.78 is 68.1. The van der Waals surface area contributed by atoms with Gasteiger partial charge in [0.2, 0.25) is 0 Å². The molecule has 0 radical (unpaired) electrons. The van der Waals surface area contributed by atoms with Gasteiger partial charge in [-0.15, -0.1) is 0 Å². The summed E-state index contributed by atoms with van der Waals surface area (Å²) in [5.74, 6) is -1.32. The molecule has 19 heteroatoms. The minimum Gasteiger partial charge on any atom is -0.462 e. The van der Waals surface area contributed by atoms with E-state index in [0.29, 0.717) is 25.7 Å². The summed E-state index contributed by atoms with van der Waals surface area (Å²) in [6.07, 6.45) is 50.2. The molecule has 0 aromatic carbocycles. The van der Waals surface area contributed by atoms with Gasteiger partial charge in [-0.1, -0.05) is 311 Å². The van der Waals surface area contributed by atoms with Crippen LogP contribution in [0.4, 0.5) is 0 Å². The summed E-state index contributed by atoms with van der Waals surface area (Å²) in [6, 6.07) is 0. The second-order valence-electron chi connectivity index (χ2n) is 25.5. The Balaban J connectivity index is 5.16. The third-order valence-corrected chi connectivity index (χ3v) is 18.5. The van der Waals surface area contributed by atoms with E-state index in [-0.39, 0.29) is 25.7 Å². The number of phosphoric ester groups is 2. The Hall–Kier alpha value is -1.94. The Morgan fingerprint density at radius 3 is 0.798 bits per heavy atom. The van der Waals surface area contributed by atoms with Crippen molar-refractivity contribution in [2.24, 2.45) is 5.92 Å². The van der Waals surface area contributed by atoms with Crippen LogP contribution < -0.4 is 0 Å². The molecule has 0 rings (SSSR count). The fraction of sp³-hybridized carbons (Fsp3) is 0.943. The van der Waals surface area contributed by atoms with Crippen molar-refractivity contribution in [3.63, 3.8) is 0 Å². The SMILES string of the molecule is CCCCCCCCCCCCCCCCCCC(=O)O[C@H](COC(=O)CCCCCCCCCCCCC(C)CC)COP(=O)(O)OC[C@@H](O)COP(=O)(O)OC[C@@H](COC(=O)CCCCCCC)OC(=O)CCCCCCCCCCCCCCCC. The van der Waals surface area contributed by atoms with E-state index in [9.17, 15) is 43.2 Å². The molecule has 3 unspecified atom stereocenters. The highest BCUT2D eigenvalue weighted by molar-refractivity contribution is 7.47. The normalized spacial score (nSPS) is 14.4. The number of carbonyl (C=O) groups is 4. The third-order valence-electron chi connectivity index (χ3n) is 16.6. The average Bonchev–Trinajstić information content (AvgIpc) is 3.67. The van der Waals surface area contributed by atoms with Gasteiger partial charge in [-0.3, -0.25) is 37.3 Å². The van der Waals surface area contributed by atoms with E-state index in [1.54, 1.807) is 0 Å². The summed E-state index contributed by atoms with van der Waals surface area (Å²) in [7, 11) is -9.89. The van der Waals surface area contributed by atoms with E-state index in [1.165, 1.54) is 180 Å². The Labute approximate surface area is 543 Å². The zero-order valence-corrected chi connectivity index (χ0v) is 59.4. The first-order chi connectivity index (χ1) is 43.1. The van der Waals surface area contributed by atoms with Gasteiger partial charge in [0, 0.05) is 25.7 Å². The maximum absolute atomic E-state index is 13.0. The van der Waals surface area contributed by atoms with Crippen LogP contribution in [-0.4, -0.2) is 96.7 Å². The highest BCUT2D eigenvalue weighted by Gasteiger charge is 2.30. The van der Waals surface area contributed by atoms with E-state index >= 15 is 0 Å². The molecule has 528 valence electrons. The maximum atomic E-state index is 13.0. The highest BCUT2D eigenvalue weighted by atomic mass is 31.2. The molecule has 0 fully saturated rings. The first kappa shape index (κ1) is 87.1. The van der Waals surface area contributed by atoms with Gasteiger partial charge in [0.1, 0.15) is 19.3 Å². The monoisotopic (exact) mass is 1310 g/mol. The van der Waals surface area contributed by atoms with Gasteiger partial charge >= 0.3 is 39.5 Å². The average molecular weight is 1310 g/mol. The predicted octanol–water partition coefficient (Wildman–Crippen LogP) is 20.1. The molecule has 0 aromatic rings. The molecule has 0 spiro atoms. The van der Waals surface area contributed by atoms with Crippen LogP contribution in [0.5, 0.6) is 0 Å². The maximum Gasteiger partial charge on any atom is 0.472 e. The van der Waals surface area contributed by atoms with Gasteiger partial charge in [-0.25, -0.2) is 9.13 Å². The van der Waals surface area contributed by atoms with Crippen molar-refractivity contribution in [3.05, 3.63) is 0 Å². The number of hydrogen-bond acceptors (Lipinski definition) is 15. The van der Waals surface area contributed by atoms with Crippen LogP contribution in [0.25, 0.3) is 0 Å².